The summed E-state index contributed by atoms with van der Waals surface area (Å²) in [4.78, 5) is 12.8. The highest BCUT2D eigenvalue weighted by molar-refractivity contribution is 7.80. The summed E-state index contributed by atoms with van der Waals surface area (Å²) in [7, 11) is -5.06. The van der Waals surface area contributed by atoms with Crippen LogP contribution in [0.15, 0.2) is 24.3 Å². The van der Waals surface area contributed by atoms with E-state index in [1.165, 1.54) is 77.0 Å². The van der Waals surface area contributed by atoms with Crippen LogP contribution in [-0.4, -0.2) is 97.5 Å². The molecule has 0 aliphatic carbocycles. The zero-order valence-corrected chi connectivity index (χ0v) is 34.4. The highest BCUT2D eigenvalue weighted by Crippen LogP contribution is 2.26. The molecule has 0 bridgehead atoms. The van der Waals surface area contributed by atoms with Gasteiger partial charge in [0.25, 0.3) is 0 Å². The van der Waals surface area contributed by atoms with Gasteiger partial charge in [-0.1, -0.05) is 147 Å². The van der Waals surface area contributed by atoms with Gasteiger partial charge < -0.3 is 34.3 Å². The van der Waals surface area contributed by atoms with E-state index in [1.807, 2.05) is 0 Å². The standard InChI is InChI=1S/C41H76O12S/c1-3-5-7-9-11-13-15-17-19-21-23-25-27-29-31-49-33-35(34-50-41-39(45)40(53-54(46,47)48)38(44)36(32-42)52-41)51-37(43)30-28-26-24-22-20-18-16-14-12-10-8-6-4-2/h7,9,13,15,35-36,38-42,44-45H,3-6,8,10-12,14,16-34H2,1-2H3,(H,46,47,48)/b9-7-,15-13-. The van der Waals surface area contributed by atoms with Crippen LogP contribution in [0.25, 0.3) is 0 Å². The smallest absolute Gasteiger partial charge is 0.397 e. The van der Waals surface area contributed by atoms with Crippen LogP contribution in [0, 0.1) is 0 Å². The summed E-state index contributed by atoms with van der Waals surface area (Å²) >= 11 is 0. The van der Waals surface area contributed by atoms with Crippen LogP contribution in [0.4, 0.5) is 0 Å². The van der Waals surface area contributed by atoms with E-state index in [-0.39, 0.29) is 19.6 Å². The number of rotatable bonds is 36. The fraction of sp³-hybridized carbons (Fsp3) is 0.878. The van der Waals surface area contributed by atoms with Crippen LogP contribution in [-0.2, 0) is 38.3 Å². The summed E-state index contributed by atoms with van der Waals surface area (Å²) in [6.07, 6.45) is 26.4. The van der Waals surface area contributed by atoms with E-state index in [9.17, 15) is 28.5 Å². The Bertz CT molecular complexity index is 1050. The van der Waals surface area contributed by atoms with E-state index in [4.69, 9.17) is 23.5 Å². The lowest BCUT2D eigenvalue weighted by atomic mass is 9.99. The van der Waals surface area contributed by atoms with Crippen LogP contribution in [0.3, 0.4) is 0 Å². The number of aliphatic hydroxyl groups is 3. The Kier molecular flexibility index (Phi) is 31.6. The molecule has 0 amide bonds. The van der Waals surface area contributed by atoms with Gasteiger partial charge in [0, 0.05) is 13.0 Å². The molecule has 1 rings (SSSR count). The molecular weight excluding hydrogens is 717 g/mol. The average molecular weight is 793 g/mol. The lowest BCUT2D eigenvalue weighted by Gasteiger charge is -2.41. The third-order valence-electron chi connectivity index (χ3n) is 9.56. The van der Waals surface area contributed by atoms with E-state index in [1.54, 1.807) is 0 Å². The van der Waals surface area contributed by atoms with Crippen molar-refractivity contribution in [3.05, 3.63) is 24.3 Å². The highest BCUT2D eigenvalue weighted by Gasteiger charge is 2.48. The third kappa shape index (κ3) is 27.2. The number of carbonyl (C=O) groups is 1. The van der Waals surface area contributed by atoms with E-state index < -0.39 is 59.8 Å². The van der Waals surface area contributed by atoms with Crippen molar-refractivity contribution in [1.29, 1.82) is 0 Å². The molecule has 0 saturated carbocycles. The molecule has 1 heterocycles. The minimum absolute atomic E-state index is 0.0319. The van der Waals surface area contributed by atoms with Crippen molar-refractivity contribution >= 4 is 16.4 Å². The fourth-order valence-corrected chi connectivity index (χ4v) is 6.87. The number of aliphatic hydroxyl groups excluding tert-OH is 3. The van der Waals surface area contributed by atoms with Gasteiger partial charge in [-0.2, -0.15) is 8.42 Å². The topological polar surface area (TPSA) is 178 Å². The number of hydrogen-bond acceptors (Lipinski definition) is 11. The van der Waals surface area contributed by atoms with Crippen LogP contribution < -0.4 is 0 Å². The van der Waals surface area contributed by atoms with Crippen molar-refractivity contribution in [1.82, 2.24) is 0 Å². The Labute approximate surface area is 327 Å². The van der Waals surface area contributed by atoms with E-state index in [0.29, 0.717) is 13.0 Å². The predicted octanol–water partition coefficient (Wildman–Crippen LogP) is 8.07. The van der Waals surface area contributed by atoms with Gasteiger partial charge in [0.05, 0.1) is 19.8 Å². The molecule has 0 aromatic heterocycles. The van der Waals surface area contributed by atoms with Crippen molar-refractivity contribution in [2.24, 2.45) is 0 Å². The first-order valence-electron chi connectivity index (χ1n) is 21.1. The predicted molar refractivity (Wildman–Crippen MR) is 211 cm³/mol. The first kappa shape index (κ1) is 50.6. The number of allylic oxidation sites excluding steroid dienone is 4. The Morgan fingerprint density at radius 3 is 1.83 bits per heavy atom. The zero-order chi connectivity index (χ0) is 39.7. The second kappa shape index (κ2) is 33.7. The first-order chi connectivity index (χ1) is 26.1. The molecule has 0 spiro atoms. The normalized spacial score (nSPS) is 21.3. The Morgan fingerprint density at radius 2 is 1.26 bits per heavy atom. The average Bonchev–Trinajstić information content (AvgIpc) is 3.14. The molecule has 1 aliphatic rings. The van der Waals surface area contributed by atoms with Gasteiger partial charge in [0.2, 0.25) is 0 Å². The second-order valence-electron chi connectivity index (χ2n) is 14.6. The molecule has 4 N–H and O–H groups in total. The van der Waals surface area contributed by atoms with Crippen molar-refractivity contribution in [3.63, 3.8) is 0 Å². The van der Waals surface area contributed by atoms with Crippen molar-refractivity contribution in [2.45, 2.75) is 205 Å². The number of esters is 1. The fourth-order valence-electron chi connectivity index (χ4n) is 6.36. The molecule has 12 nitrogen and oxygen atoms in total. The molecule has 1 aliphatic heterocycles. The highest BCUT2D eigenvalue weighted by atomic mass is 32.3. The summed E-state index contributed by atoms with van der Waals surface area (Å²) < 4.78 is 58.9. The van der Waals surface area contributed by atoms with Crippen molar-refractivity contribution in [2.75, 3.05) is 26.4 Å². The van der Waals surface area contributed by atoms with E-state index in [0.717, 1.165) is 64.2 Å². The van der Waals surface area contributed by atoms with Crippen LogP contribution in [0.5, 0.6) is 0 Å². The van der Waals surface area contributed by atoms with Gasteiger partial charge in [-0.15, -0.1) is 0 Å². The maximum atomic E-state index is 12.8. The summed E-state index contributed by atoms with van der Waals surface area (Å²) in [6, 6.07) is 0. The van der Waals surface area contributed by atoms with Crippen LogP contribution in [0.1, 0.15) is 168 Å². The molecule has 0 radical (unpaired) electrons. The molecule has 6 atom stereocenters. The second-order valence-corrected chi connectivity index (χ2v) is 15.6. The van der Waals surface area contributed by atoms with E-state index >= 15 is 0 Å². The lowest BCUT2D eigenvalue weighted by Crippen LogP contribution is -2.60. The summed E-state index contributed by atoms with van der Waals surface area (Å²) in [6.45, 7) is 3.90. The number of hydrogen-bond donors (Lipinski definition) is 4. The third-order valence-corrected chi connectivity index (χ3v) is 10.0. The summed E-state index contributed by atoms with van der Waals surface area (Å²) in [5.74, 6) is -0.403. The van der Waals surface area contributed by atoms with Gasteiger partial charge in [0.15, 0.2) is 6.29 Å². The molecule has 1 saturated heterocycles. The summed E-state index contributed by atoms with van der Waals surface area (Å²) in [5, 5.41) is 30.6. The first-order valence-corrected chi connectivity index (χ1v) is 22.5. The number of carbonyl (C=O) groups excluding carboxylic acids is 1. The quantitative estimate of drug-likeness (QED) is 0.0208. The minimum Gasteiger partial charge on any atom is -0.457 e. The molecule has 318 valence electrons. The number of ether oxygens (including phenoxy) is 4. The van der Waals surface area contributed by atoms with Crippen molar-refractivity contribution < 1.29 is 56.2 Å². The minimum atomic E-state index is -5.06. The van der Waals surface area contributed by atoms with Crippen LogP contribution >= 0.6 is 0 Å². The van der Waals surface area contributed by atoms with Gasteiger partial charge in [-0.05, 0) is 38.5 Å². The van der Waals surface area contributed by atoms with Gasteiger partial charge >= 0.3 is 16.4 Å². The number of unbranched alkanes of at least 4 members (excludes halogenated alkanes) is 19. The van der Waals surface area contributed by atoms with Crippen molar-refractivity contribution in [3.8, 4) is 0 Å². The molecule has 1 fully saturated rings. The molecular formula is C41H76O12S. The van der Waals surface area contributed by atoms with Gasteiger partial charge in [-0.25, -0.2) is 4.18 Å². The Hall–Kier alpha value is -1.42. The Balaban J connectivity index is 2.47. The largest absolute Gasteiger partial charge is 0.457 e. The van der Waals surface area contributed by atoms with Crippen LogP contribution in [0.2, 0.25) is 0 Å². The SMILES string of the molecule is CCC/C=C\C/C=C\CCCCCCCCOCC(COC1OC(CO)C(O)C(OS(=O)(=O)O)C1O)OC(=O)CCCCCCCCCCCCCCC. The Morgan fingerprint density at radius 1 is 0.704 bits per heavy atom. The summed E-state index contributed by atoms with van der Waals surface area (Å²) in [5.41, 5.74) is 0. The molecule has 6 unspecified atom stereocenters. The monoisotopic (exact) mass is 793 g/mol. The van der Waals surface area contributed by atoms with Gasteiger partial charge in [-0.3, -0.25) is 9.35 Å². The zero-order valence-electron chi connectivity index (χ0n) is 33.5. The van der Waals surface area contributed by atoms with Gasteiger partial charge in [0.1, 0.15) is 30.5 Å². The van der Waals surface area contributed by atoms with E-state index in [2.05, 4.69) is 42.3 Å². The maximum absolute atomic E-state index is 12.8. The maximum Gasteiger partial charge on any atom is 0.397 e. The molecule has 54 heavy (non-hydrogen) atoms. The molecule has 13 heteroatoms. The molecule has 0 aromatic carbocycles. The lowest BCUT2D eigenvalue weighted by molar-refractivity contribution is -0.301. The molecule has 0 aromatic rings.